The highest BCUT2D eigenvalue weighted by atomic mass is 35.5. The zero-order valence-electron chi connectivity index (χ0n) is 13.0. The van der Waals surface area contributed by atoms with Gasteiger partial charge in [-0.3, -0.25) is 9.59 Å². The normalized spacial score (nSPS) is 10.6. The first-order valence-electron chi connectivity index (χ1n) is 7.39. The number of aromatic hydroxyl groups is 1. The van der Waals surface area contributed by atoms with E-state index in [4.69, 9.17) is 21.4 Å². The largest absolute Gasteiger partial charge is 0.505 e. The number of benzene rings is 1. The van der Waals surface area contributed by atoms with Crippen LogP contribution in [0.5, 0.6) is 11.5 Å². The molecule has 0 unspecified atom stereocenters. The summed E-state index contributed by atoms with van der Waals surface area (Å²) in [5, 5.41) is 21.8. The SMILES string of the molecule is CCCCOc1ccc2c(O)c(C(=O)NCC(=O)O)nc(Cl)c2c1. The van der Waals surface area contributed by atoms with Crippen molar-refractivity contribution in [2.75, 3.05) is 13.2 Å². The van der Waals surface area contributed by atoms with E-state index in [0.717, 1.165) is 12.8 Å². The number of carbonyl (C=O) groups excluding carboxylic acids is 1. The Morgan fingerprint density at radius 1 is 1.33 bits per heavy atom. The van der Waals surface area contributed by atoms with E-state index in [1.165, 1.54) is 0 Å². The fourth-order valence-corrected chi connectivity index (χ4v) is 2.30. The fourth-order valence-electron chi connectivity index (χ4n) is 2.06. The molecule has 0 saturated heterocycles. The van der Waals surface area contributed by atoms with Crippen molar-refractivity contribution >= 4 is 34.2 Å². The lowest BCUT2D eigenvalue weighted by molar-refractivity contribution is -0.135. The van der Waals surface area contributed by atoms with Gasteiger partial charge in [-0.15, -0.1) is 0 Å². The summed E-state index contributed by atoms with van der Waals surface area (Å²) in [5.41, 5.74) is -0.326. The molecular formula is C16H17ClN2O5. The molecule has 0 aliphatic rings. The number of ether oxygens (including phenoxy) is 1. The average Bonchev–Trinajstić information content (AvgIpc) is 2.56. The average molecular weight is 353 g/mol. The third kappa shape index (κ3) is 4.05. The summed E-state index contributed by atoms with van der Waals surface area (Å²) in [6.07, 6.45) is 1.92. The van der Waals surface area contributed by atoms with Crippen LogP contribution in [-0.4, -0.2) is 40.2 Å². The Labute approximate surface area is 143 Å². The molecule has 7 nitrogen and oxygen atoms in total. The molecule has 1 amide bonds. The number of hydrogen-bond acceptors (Lipinski definition) is 5. The Bertz CT molecular complexity index is 779. The molecule has 2 rings (SSSR count). The molecule has 1 aromatic heterocycles. The van der Waals surface area contributed by atoms with Crippen molar-refractivity contribution in [3.63, 3.8) is 0 Å². The third-order valence-electron chi connectivity index (χ3n) is 3.28. The Kier molecular flexibility index (Phi) is 5.81. The van der Waals surface area contributed by atoms with E-state index in [1.807, 2.05) is 0 Å². The standard InChI is InChI=1S/C16H17ClN2O5/c1-2-3-6-24-9-4-5-10-11(7-9)15(17)19-13(14(10)22)16(23)18-8-12(20)21/h4-5,7,22H,2-3,6,8H2,1H3,(H,18,23)(H,20,21). The number of hydrogen-bond donors (Lipinski definition) is 3. The van der Waals surface area contributed by atoms with Gasteiger partial charge in [-0.2, -0.15) is 0 Å². The molecule has 0 bridgehead atoms. The van der Waals surface area contributed by atoms with Crippen LogP contribution in [0.1, 0.15) is 30.3 Å². The molecule has 3 N–H and O–H groups in total. The molecule has 0 aliphatic carbocycles. The number of nitrogens with zero attached hydrogens (tertiary/aromatic N) is 1. The lowest BCUT2D eigenvalue weighted by atomic mass is 10.1. The fraction of sp³-hybridized carbons (Fsp3) is 0.312. The van der Waals surface area contributed by atoms with E-state index in [9.17, 15) is 14.7 Å². The van der Waals surface area contributed by atoms with Crippen molar-refractivity contribution in [2.24, 2.45) is 0 Å². The molecule has 0 radical (unpaired) electrons. The van der Waals surface area contributed by atoms with Crippen molar-refractivity contribution in [1.82, 2.24) is 10.3 Å². The molecule has 8 heteroatoms. The summed E-state index contributed by atoms with van der Waals surface area (Å²) in [5.74, 6) is -1.80. The van der Waals surface area contributed by atoms with Gasteiger partial charge < -0.3 is 20.3 Å². The minimum absolute atomic E-state index is 0.0178. The number of amides is 1. The molecule has 0 spiro atoms. The van der Waals surface area contributed by atoms with Crippen LogP contribution in [0.3, 0.4) is 0 Å². The van der Waals surface area contributed by atoms with Gasteiger partial charge in [-0.25, -0.2) is 4.98 Å². The van der Waals surface area contributed by atoms with Crippen LogP contribution in [0, 0.1) is 0 Å². The van der Waals surface area contributed by atoms with Crippen molar-refractivity contribution in [3.8, 4) is 11.5 Å². The molecular weight excluding hydrogens is 336 g/mol. The first kappa shape index (κ1) is 17.8. The lowest BCUT2D eigenvalue weighted by Crippen LogP contribution is -2.30. The van der Waals surface area contributed by atoms with Gasteiger partial charge in [0, 0.05) is 10.8 Å². The number of rotatable bonds is 7. The summed E-state index contributed by atoms with van der Waals surface area (Å²) in [4.78, 5) is 26.3. The molecule has 1 heterocycles. The number of halogens is 1. The van der Waals surface area contributed by atoms with E-state index in [1.54, 1.807) is 18.2 Å². The molecule has 24 heavy (non-hydrogen) atoms. The van der Waals surface area contributed by atoms with Crippen LogP contribution in [0.4, 0.5) is 0 Å². The maximum Gasteiger partial charge on any atom is 0.322 e. The predicted octanol–water partition coefficient (Wildman–Crippen LogP) is 2.59. The number of aliphatic carboxylic acids is 1. The topological polar surface area (TPSA) is 109 Å². The van der Waals surface area contributed by atoms with Crippen molar-refractivity contribution in [2.45, 2.75) is 19.8 Å². The maximum atomic E-state index is 11.9. The van der Waals surface area contributed by atoms with Crippen LogP contribution < -0.4 is 10.1 Å². The zero-order valence-corrected chi connectivity index (χ0v) is 13.8. The van der Waals surface area contributed by atoms with Crippen LogP contribution in [0.15, 0.2) is 18.2 Å². The molecule has 1 aromatic carbocycles. The first-order valence-corrected chi connectivity index (χ1v) is 7.76. The summed E-state index contributed by atoms with van der Waals surface area (Å²) in [7, 11) is 0. The predicted molar refractivity (Wildman–Crippen MR) is 88.8 cm³/mol. The number of carboxylic acid groups (broad SMARTS) is 1. The number of pyridine rings is 1. The summed E-state index contributed by atoms with van der Waals surface area (Å²) < 4.78 is 5.58. The Balaban J connectivity index is 2.34. The van der Waals surface area contributed by atoms with Gasteiger partial charge in [-0.1, -0.05) is 24.9 Å². The van der Waals surface area contributed by atoms with E-state index in [-0.39, 0.29) is 16.6 Å². The summed E-state index contributed by atoms with van der Waals surface area (Å²) in [6, 6.07) is 4.87. The van der Waals surface area contributed by atoms with Gasteiger partial charge in [0.25, 0.3) is 5.91 Å². The highest BCUT2D eigenvalue weighted by Gasteiger charge is 2.19. The van der Waals surface area contributed by atoms with Gasteiger partial charge in [0.2, 0.25) is 0 Å². The second kappa shape index (κ2) is 7.83. The van der Waals surface area contributed by atoms with Crippen LogP contribution in [0.25, 0.3) is 10.8 Å². The monoisotopic (exact) mass is 352 g/mol. The van der Waals surface area contributed by atoms with Gasteiger partial charge >= 0.3 is 5.97 Å². The Morgan fingerprint density at radius 2 is 2.08 bits per heavy atom. The molecule has 128 valence electrons. The summed E-state index contributed by atoms with van der Waals surface area (Å²) in [6.45, 7) is 2.04. The van der Waals surface area contributed by atoms with Gasteiger partial charge in [0.1, 0.15) is 17.4 Å². The van der Waals surface area contributed by atoms with E-state index in [0.29, 0.717) is 23.1 Å². The quantitative estimate of drug-likeness (QED) is 0.522. The van der Waals surface area contributed by atoms with Crippen molar-refractivity contribution in [1.29, 1.82) is 0 Å². The number of fused-ring (bicyclic) bond motifs is 1. The van der Waals surface area contributed by atoms with Crippen LogP contribution in [0.2, 0.25) is 5.15 Å². The number of nitrogens with one attached hydrogen (secondary N) is 1. The third-order valence-corrected chi connectivity index (χ3v) is 3.57. The lowest BCUT2D eigenvalue weighted by Gasteiger charge is -2.11. The number of carbonyl (C=O) groups is 2. The van der Waals surface area contributed by atoms with Crippen LogP contribution >= 0.6 is 11.6 Å². The second-order valence-corrected chi connectivity index (χ2v) is 5.44. The molecule has 0 fully saturated rings. The number of carboxylic acids is 1. The van der Waals surface area contributed by atoms with E-state index >= 15 is 0 Å². The van der Waals surface area contributed by atoms with Crippen LogP contribution in [-0.2, 0) is 4.79 Å². The minimum Gasteiger partial charge on any atom is -0.505 e. The van der Waals surface area contributed by atoms with Crippen molar-refractivity contribution in [3.05, 3.63) is 29.0 Å². The van der Waals surface area contributed by atoms with Gasteiger partial charge in [-0.05, 0) is 24.6 Å². The maximum absolute atomic E-state index is 11.9. The first-order chi connectivity index (χ1) is 11.4. The zero-order chi connectivity index (χ0) is 17.7. The Hall–Kier alpha value is -2.54. The highest BCUT2D eigenvalue weighted by molar-refractivity contribution is 6.35. The molecule has 0 aliphatic heterocycles. The second-order valence-electron chi connectivity index (χ2n) is 5.09. The molecule has 0 atom stereocenters. The van der Waals surface area contributed by atoms with E-state index < -0.39 is 18.4 Å². The smallest absolute Gasteiger partial charge is 0.322 e. The van der Waals surface area contributed by atoms with E-state index in [2.05, 4.69) is 17.2 Å². The highest BCUT2D eigenvalue weighted by Crippen LogP contribution is 2.34. The number of unbranched alkanes of at least 4 members (excludes halogenated alkanes) is 1. The van der Waals surface area contributed by atoms with Crippen molar-refractivity contribution < 1.29 is 24.5 Å². The number of aromatic nitrogens is 1. The summed E-state index contributed by atoms with van der Waals surface area (Å²) >= 11 is 6.10. The Morgan fingerprint density at radius 3 is 2.75 bits per heavy atom. The van der Waals surface area contributed by atoms with Gasteiger partial charge in [0.15, 0.2) is 11.4 Å². The molecule has 0 saturated carbocycles. The molecule has 2 aromatic rings. The van der Waals surface area contributed by atoms with Gasteiger partial charge in [0.05, 0.1) is 6.61 Å². The minimum atomic E-state index is -1.21.